The first-order valence-electron chi connectivity index (χ1n) is 7.87. The van der Waals surface area contributed by atoms with Gasteiger partial charge in [0.25, 0.3) is 0 Å². The molecule has 0 bridgehead atoms. The van der Waals surface area contributed by atoms with E-state index in [1.54, 1.807) is 0 Å². The van der Waals surface area contributed by atoms with Crippen molar-refractivity contribution in [3.63, 3.8) is 0 Å². The molecule has 0 aliphatic carbocycles. The van der Waals surface area contributed by atoms with Gasteiger partial charge in [0.2, 0.25) is 0 Å². The quantitative estimate of drug-likeness (QED) is 0.842. The molecule has 3 nitrogen and oxygen atoms in total. The van der Waals surface area contributed by atoms with Gasteiger partial charge in [0.15, 0.2) is 0 Å². The molecule has 0 spiro atoms. The zero-order valence-electron chi connectivity index (χ0n) is 13.7. The van der Waals surface area contributed by atoms with Crippen molar-refractivity contribution in [2.45, 2.75) is 31.6 Å². The van der Waals surface area contributed by atoms with Gasteiger partial charge in [-0.05, 0) is 56.2 Å². The Hall–Kier alpha value is -1.87. The number of rotatable bonds is 7. The number of carboxylic acids is 1. The summed E-state index contributed by atoms with van der Waals surface area (Å²) in [7, 11) is 4.04. The highest BCUT2D eigenvalue weighted by Crippen LogP contribution is 2.37. The fourth-order valence-electron chi connectivity index (χ4n) is 3.22. The SMILES string of the molecule is CCC(CCCN(C)C)(C(=O)O)c1cccc2ccccc12. The Morgan fingerprint density at radius 1 is 1.14 bits per heavy atom. The number of benzene rings is 2. The smallest absolute Gasteiger partial charge is 0.314 e. The van der Waals surface area contributed by atoms with Crippen LogP contribution >= 0.6 is 0 Å². The summed E-state index contributed by atoms with van der Waals surface area (Å²) in [6.45, 7) is 2.88. The Kier molecular flexibility index (Phi) is 5.19. The van der Waals surface area contributed by atoms with Crippen LogP contribution in [-0.2, 0) is 10.2 Å². The van der Waals surface area contributed by atoms with Crippen LogP contribution in [0.4, 0.5) is 0 Å². The second kappa shape index (κ2) is 6.93. The van der Waals surface area contributed by atoms with Gasteiger partial charge >= 0.3 is 5.97 Å². The predicted octanol–water partition coefficient (Wildman–Crippen LogP) is 3.91. The molecule has 3 heteroatoms. The van der Waals surface area contributed by atoms with Crippen LogP contribution in [0.1, 0.15) is 31.7 Å². The molecule has 0 amide bonds. The summed E-state index contributed by atoms with van der Waals surface area (Å²) in [5.74, 6) is -0.717. The van der Waals surface area contributed by atoms with Gasteiger partial charge in [-0.25, -0.2) is 0 Å². The van der Waals surface area contributed by atoms with E-state index in [0.717, 1.165) is 29.3 Å². The molecule has 1 atom stereocenters. The Balaban J connectivity index is 2.49. The average molecular weight is 299 g/mol. The standard InChI is InChI=1S/C19H25NO2/c1-4-19(18(21)22,13-8-14-20(2)3)17-12-7-10-15-9-5-6-11-16(15)17/h5-7,9-12H,4,8,13-14H2,1-3H3,(H,21,22). The minimum absolute atomic E-state index is 0.601. The molecule has 0 saturated heterocycles. The second-order valence-corrected chi connectivity index (χ2v) is 6.17. The molecule has 0 saturated carbocycles. The van der Waals surface area contributed by atoms with E-state index in [9.17, 15) is 9.90 Å². The molecule has 1 unspecified atom stereocenters. The molecule has 2 rings (SSSR count). The van der Waals surface area contributed by atoms with E-state index in [1.807, 2.05) is 63.5 Å². The molecule has 0 aliphatic rings. The molecule has 0 aromatic heterocycles. The highest BCUT2D eigenvalue weighted by molar-refractivity contribution is 5.93. The summed E-state index contributed by atoms with van der Waals surface area (Å²) in [5, 5.41) is 12.1. The van der Waals surface area contributed by atoms with Gasteiger partial charge in [0.1, 0.15) is 0 Å². The molecule has 118 valence electrons. The zero-order valence-corrected chi connectivity index (χ0v) is 13.7. The summed E-state index contributed by atoms with van der Waals surface area (Å²) in [5.41, 5.74) is 0.135. The molecule has 0 aliphatic heterocycles. The van der Waals surface area contributed by atoms with Gasteiger partial charge in [0, 0.05) is 0 Å². The van der Waals surface area contributed by atoms with Crippen LogP contribution in [0.5, 0.6) is 0 Å². The Morgan fingerprint density at radius 2 is 1.82 bits per heavy atom. The molecule has 2 aromatic carbocycles. The number of fused-ring (bicyclic) bond motifs is 1. The number of hydrogen-bond donors (Lipinski definition) is 1. The highest BCUT2D eigenvalue weighted by atomic mass is 16.4. The van der Waals surface area contributed by atoms with Gasteiger partial charge < -0.3 is 10.0 Å². The van der Waals surface area contributed by atoms with Crippen molar-refractivity contribution in [3.8, 4) is 0 Å². The summed E-state index contributed by atoms with van der Waals surface area (Å²) in [6.07, 6.45) is 2.13. The third-order valence-corrected chi connectivity index (χ3v) is 4.53. The van der Waals surface area contributed by atoms with Crippen LogP contribution < -0.4 is 0 Å². The van der Waals surface area contributed by atoms with Crippen LogP contribution in [-0.4, -0.2) is 36.6 Å². The second-order valence-electron chi connectivity index (χ2n) is 6.17. The minimum Gasteiger partial charge on any atom is -0.481 e. The fraction of sp³-hybridized carbons (Fsp3) is 0.421. The zero-order chi connectivity index (χ0) is 16.2. The van der Waals surface area contributed by atoms with Crippen molar-refractivity contribution in [3.05, 3.63) is 48.0 Å². The maximum atomic E-state index is 12.2. The van der Waals surface area contributed by atoms with E-state index in [0.29, 0.717) is 12.8 Å². The topological polar surface area (TPSA) is 40.5 Å². The first-order valence-corrected chi connectivity index (χ1v) is 7.87. The van der Waals surface area contributed by atoms with Crippen LogP contribution in [0, 0.1) is 0 Å². The summed E-state index contributed by atoms with van der Waals surface area (Å²) < 4.78 is 0. The monoisotopic (exact) mass is 299 g/mol. The number of aliphatic carboxylic acids is 1. The van der Waals surface area contributed by atoms with E-state index in [1.165, 1.54) is 0 Å². The molecular weight excluding hydrogens is 274 g/mol. The average Bonchev–Trinajstić information content (AvgIpc) is 2.51. The molecule has 0 heterocycles. The third kappa shape index (κ3) is 3.14. The largest absolute Gasteiger partial charge is 0.481 e. The van der Waals surface area contributed by atoms with E-state index in [2.05, 4.69) is 4.90 Å². The predicted molar refractivity (Wildman–Crippen MR) is 91.3 cm³/mol. The van der Waals surface area contributed by atoms with Crippen LogP contribution in [0.2, 0.25) is 0 Å². The Morgan fingerprint density at radius 3 is 2.45 bits per heavy atom. The molecular formula is C19H25NO2. The van der Waals surface area contributed by atoms with Crippen LogP contribution in [0.15, 0.2) is 42.5 Å². The number of nitrogens with zero attached hydrogens (tertiary/aromatic N) is 1. The van der Waals surface area contributed by atoms with Gasteiger partial charge in [-0.3, -0.25) is 4.79 Å². The van der Waals surface area contributed by atoms with Crippen LogP contribution in [0.25, 0.3) is 10.8 Å². The molecule has 22 heavy (non-hydrogen) atoms. The highest BCUT2D eigenvalue weighted by Gasteiger charge is 2.39. The first kappa shape index (κ1) is 16.5. The van der Waals surface area contributed by atoms with Crippen molar-refractivity contribution in [2.75, 3.05) is 20.6 Å². The first-order chi connectivity index (χ1) is 10.5. The summed E-state index contributed by atoms with van der Waals surface area (Å²) in [6, 6.07) is 14.0. The molecule has 0 fully saturated rings. The van der Waals surface area contributed by atoms with Gasteiger partial charge in [-0.2, -0.15) is 0 Å². The van der Waals surface area contributed by atoms with E-state index < -0.39 is 11.4 Å². The maximum absolute atomic E-state index is 12.2. The number of carbonyl (C=O) groups is 1. The fourth-order valence-corrected chi connectivity index (χ4v) is 3.22. The van der Waals surface area contributed by atoms with Crippen molar-refractivity contribution in [2.24, 2.45) is 0 Å². The lowest BCUT2D eigenvalue weighted by Gasteiger charge is -2.30. The number of hydrogen-bond acceptors (Lipinski definition) is 2. The van der Waals surface area contributed by atoms with E-state index in [-0.39, 0.29) is 0 Å². The maximum Gasteiger partial charge on any atom is 0.314 e. The lowest BCUT2D eigenvalue weighted by molar-refractivity contribution is -0.144. The Bertz CT molecular complexity index is 645. The lowest BCUT2D eigenvalue weighted by Crippen LogP contribution is -2.36. The van der Waals surface area contributed by atoms with Crippen LogP contribution in [0.3, 0.4) is 0 Å². The number of carboxylic acid groups (broad SMARTS) is 1. The van der Waals surface area contributed by atoms with Gasteiger partial charge in [-0.1, -0.05) is 49.4 Å². The third-order valence-electron chi connectivity index (χ3n) is 4.53. The van der Waals surface area contributed by atoms with E-state index in [4.69, 9.17) is 0 Å². The van der Waals surface area contributed by atoms with Gasteiger partial charge in [-0.15, -0.1) is 0 Å². The van der Waals surface area contributed by atoms with Crippen molar-refractivity contribution >= 4 is 16.7 Å². The minimum atomic E-state index is -0.809. The molecule has 1 N–H and O–H groups in total. The van der Waals surface area contributed by atoms with Crippen molar-refractivity contribution in [1.29, 1.82) is 0 Å². The molecule has 2 aromatic rings. The summed E-state index contributed by atoms with van der Waals surface area (Å²) >= 11 is 0. The molecule has 0 radical (unpaired) electrons. The van der Waals surface area contributed by atoms with Crippen molar-refractivity contribution < 1.29 is 9.90 Å². The lowest BCUT2D eigenvalue weighted by atomic mass is 9.73. The van der Waals surface area contributed by atoms with Gasteiger partial charge in [0.05, 0.1) is 5.41 Å². The summed E-state index contributed by atoms with van der Waals surface area (Å²) in [4.78, 5) is 14.3. The normalized spacial score (nSPS) is 14.2. The Labute approximate surface area is 132 Å². The van der Waals surface area contributed by atoms with E-state index >= 15 is 0 Å². The van der Waals surface area contributed by atoms with Crippen molar-refractivity contribution in [1.82, 2.24) is 4.90 Å².